The number of ether oxygens (including phenoxy) is 2. The van der Waals surface area contributed by atoms with Crippen molar-refractivity contribution in [3.8, 4) is 5.75 Å². The van der Waals surface area contributed by atoms with Crippen LogP contribution in [-0.2, 0) is 20.9 Å². The second-order valence-electron chi connectivity index (χ2n) is 6.35. The largest absolute Gasteiger partial charge is 0.467 e. The molecule has 0 aliphatic carbocycles. The Morgan fingerprint density at radius 3 is 2.46 bits per heavy atom. The molecule has 2 rings (SSSR count). The Morgan fingerprint density at radius 2 is 1.89 bits per heavy atom. The first-order valence-electron chi connectivity index (χ1n) is 8.74. The maximum Gasteiger partial charge on any atom is 0.387 e. The van der Waals surface area contributed by atoms with E-state index in [0.29, 0.717) is 12.1 Å². The van der Waals surface area contributed by atoms with E-state index < -0.39 is 18.6 Å². The summed E-state index contributed by atoms with van der Waals surface area (Å²) >= 11 is 0. The lowest BCUT2D eigenvalue weighted by Crippen LogP contribution is -2.35. The van der Waals surface area contributed by atoms with Gasteiger partial charge in [0.2, 0.25) is 5.91 Å². The maximum absolute atomic E-state index is 12.4. The fourth-order valence-corrected chi connectivity index (χ4v) is 2.70. The zero-order valence-electron chi connectivity index (χ0n) is 15.9. The predicted molar refractivity (Wildman–Crippen MR) is 96.9 cm³/mol. The van der Waals surface area contributed by atoms with Crippen LogP contribution in [0.3, 0.4) is 0 Å². The predicted octanol–water partition coefficient (Wildman–Crippen LogP) is 3.03. The van der Waals surface area contributed by atoms with Crippen LogP contribution in [0.25, 0.3) is 0 Å². The van der Waals surface area contributed by atoms with Crippen LogP contribution in [0.15, 0.2) is 36.7 Å². The molecule has 0 spiro atoms. The van der Waals surface area contributed by atoms with E-state index in [4.69, 9.17) is 4.74 Å². The molecule has 0 unspecified atom stereocenters. The number of amides is 1. The van der Waals surface area contributed by atoms with Gasteiger partial charge in [0.25, 0.3) is 0 Å². The van der Waals surface area contributed by atoms with Gasteiger partial charge in [-0.2, -0.15) is 8.78 Å². The van der Waals surface area contributed by atoms with Crippen molar-refractivity contribution in [3.63, 3.8) is 0 Å². The summed E-state index contributed by atoms with van der Waals surface area (Å²) in [6.07, 6.45) is 3.60. The quantitative estimate of drug-likeness (QED) is 0.660. The minimum absolute atomic E-state index is 0.0463. The molecule has 0 bridgehead atoms. The molecule has 2 aromatic rings. The number of carbonyl (C=O) groups is 2. The van der Waals surface area contributed by atoms with E-state index in [1.54, 1.807) is 12.4 Å². The summed E-state index contributed by atoms with van der Waals surface area (Å²) in [7, 11) is 1.20. The Hall–Kier alpha value is -2.97. The summed E-state index contributed by atoms with van der Waals surface area (Å²) in [5.41, 5.74) is 0.396. The number of benzene rings is 1. The smallest absolute Gasteiger partial charge is 0.387 e. The summed E-state index contributed by atoms with van der Waals surface area (Å²) in [4.78, 5) is 28.7. The van der Waals surface area contributed by atoms with Crippen LogP contribution in [-0.4, -0.2) is 35.1 Å². The average Bonchev–Trinajstić information content (AvgIpc) is 3.13. The number of halogens is 2. The van der Waals surface area contributed by atoms with Crippen LogP contribution >= 0.6 is 0 Å². The van der Waals surface area contributed by atoms with Gasteiger partial charge in [0.15, 0.2) is 6.04 Å². The number of methoxy groups -OCH3 is 1. The van der Waals surface area contributed by atoms with E-state index in [-0.39, 0.29) is 24.0 Å². The molecule has 1 aromatic heterocycles. The minimum atomic E-state index is -2.94. The maximum atomic E-state index is 12.4. The number of esters is 1. The molecule has 0 saturated carbocycles. The lowest BCUT2D eigenvalue weighted by atomic mass is 10.1. The Bertz CT molecular complexity index is 791. The number of rotatable bonds is 9. The third-order valence-corrected chi connectivity index (χ3v) is 4.02. The molecular weight excluding hydrogens is 372 g/mol. The van der Waals surface area contributed by atoms with Crippen LogP contribution in [0.5, 0.6) is 5.75 Å². The molecule has 1 heterocycles. The van der Waals surface area contributed by atoms with E-state index >= 15 is 0 Å². The van der Waals surface area contributed by atoms with Crippen molar-refractivity contribution >= 4 is 11.9 Å². The van der Waals surface area contributed by atoms with Gasteiger partial charge in [-0.05, 0) is 17.7 Å². The van der Waals surface area contributed by atoms with Gasteiger partial charge in [0.05, 0.1) is 7.11 Å². The molecule has 0 aliphatic heterocycles. The van der Waals surface area contributed by atoms with Gasteiger partial charge in [-0.1, -0.05) is 26.0 Å². The van der Waals surface area contributed by atoms with Crippen molar-refractivity contribution < 1.29 is 27.8 Å². The number of alkyl halides is 2. The third-order valence-electron chi connectivity index (χ3n) is 4.02. The first-order valence-corrected chi connectivity index (χ1v) is 8.74. The van der Waals surface area contributed by atoms with E-state index in [9.17, 15) is 18.4 Å². The molecule has 1 aromatic carbocycles. The zero-order valence-corrected chi connectivity index (χ0v) is 15.9. The Morgan fingerprint density at radius 1 is 1.21 bits per heavy atom. The Kier molecular flexibility index (Phi) is 7.48. The fraction of sp³-hybridized carbons (Fsp3) is 0.421. The highest BCUT2D eigenvalue weighted by Crippen LogP contribution is 2.21. The Balaban J connectivity index is 2.04. The monoisotopic (exact) mass is 395 g/mol. The number of nitrogens with one attached hydrogen (secondary N) is 1. The second-order valence-corrected chi connectivity index (χ2v) is 6.35. The molecular formula is C19H23F2N3O4. The van der Waals surface area contributed by atoms with Crippen LogP contribution in [0.1, 0.15) is 43.6 Å². The van der Waals surface area contributed by atoms with Crippen molar-refractivity contribution in [2.75, 3.05) is 7.11 Å². The number of nitrogens with zero attached hydrogens (tertiary/aromatic N) is 2. The number of aryl methyl sites for hydroxylation is 1. The number of hydrogen-bond donors (Lipinski definition) is 1. The van der Waals surface area contributed by atoms with Crippen LogP contribution in [0.4, 0.5) is 8.78 Å². The first-order chi connectivity index (χ1) is 13.3. The lowest BCUT2D eigenvalue weighted by molar-refractivity contribution is -0.145. The zero-order chi connectivity index (χ0) is 20.7. The molecule has 1 atom stereocenters. The number of hydrogen-bond acceptors (Lipinski definition) is 5. The number of aromatic nitrogens is 2. The molecule has 7 nitrogen and oxygen atoms in total. The highest BCUT2D eigenvalue weighted by Gasteiger charge is 2.24. The van der Waals surface area contributed by atoms with E-state index in [0.717, 1.165) is 5.82 Å². The van der Waals surface area contributed by atoms with Crippen LogP contribution < -0.4 is 10.1 Å². The first kappa shape index (κ1) is 21.3. The molecule has 1 N–H and O–H groups in total. The molecule has 0 aliphatic rings. The molecule has 0 fully saturated rings. The van der Waals surface area contributed by atoms with Gasteiger partial charge in [-0.25, -0.2) is 9.78 Å². The molecule has 152 valence electrons. The molecule has 9 heteroatoms. The number of imidazole rings is 1. The van der Waals surface area contributed by atoms with Crippen LogP contribution in [0, 0.1) is 0 Å². The van der Waals surface area contributed by atoms with Gasteiger partial charge in [0, 0.05) is 31.3 Å². The average molecular weight is 395 g/mol. The highest BCUT2D eigenvalue weighted by atomic mass is 19.3. The lowest BCUT2D eigenvalue weighted by Gasteiger charge is -2.18. The third kappa shape index (κ3) is 5.77. The normalized spacial score (nSPS) is 12.1. The van der Waals surface area contributed by atoms with E-state index in [1.807, 2.05) is 18.4 Å². The van der Waals surface area contributed by atoms with E-state index in [2.05, 4.69) is 15.0 Å². The molecule has 28 heavy (non-hydrogen) atoms. The van der Waals surface area contributed by atoms with Gasteiger partial charge < -0.3 is 19.4 Å². The summed E-state index contributed by atoms with van der Waals surface area (Å²) in [6.45, 7) is 1.48. The standard InChI is InChI=1S/C19H23F2N3O4/c1-12(2)17-22-9-11-24(17)10-8-15(25)23-16(18(26)27-3)13-4-6-14(7-5-13)28-19(20)21/h4-7,9,11-12,16,19H,8,10H2,1-3H3,(H,23,25)/t16-/m0/s1. The van der Waals surface area contributed by atoms with Crippen LogP contribution in [0.2, 0.25) is 0 Å². The summed E-state index contributed by atoms with van der Waals surface area (Å²) < 4.78 is 35.4. The van der Waals surface area contributed by atoms with Crippen molar-refractivity contribution in [1.82, 2.24) is 14.9 Å². The van der Waals surface area contributed by atoms with Crippen molar-refractivity contribution in [3.05, 3.63) is 48.0 Å². The molecule has 0 saturated heterocycles. The van der Waals surface area contributed by atoms with Gasteiger partial charge in [-0.15, -0.1) is 0 Å². The SMILES string of the molecule is COC(=O)[C@@H](NC(=O)CCn1ccnc1C(C)C)c1ccc(OC(F)F)cc1. The molecule has 0 radical (unpaired) electrons. The summed E-state index contributed by atoms with van der Waals surface area (Å²) in [5.74, 6) is 0.0184. The topological polar surface area (TPSA) is 82.5 Å². The van der Waals surface area contributed by atoms with Gasteiger partial charge in [-0.3, -0.25) is 4.79 Å². The molecule has 1 amide bonds. The van der Waals surface area contributed by atoms with Crippen molar-refractivity contribution in [1.29, 1.82) is 0 Å². The van der Waals surface area contributed by atoms with Gasteiger partial charge in [0.1, 0.15) is 11.6 Å². The minimum Gasteiger partial charge on any atom is -0.467 e. The highest BCUT2D eigenvalue weighted by molar-refractivity contribution is 5.85. The van der Waals surface area contributed by atoms with Crippen molar-refractivity contribution in [2.24, 2.45) is 0 Å². The van der Waals surface area contributed by atoms with E-state index in [1.165, 1.54) is 31.4 Å². The Labute approximate surface area is 161 Å². The van der Waals surface area contributed by atoms with Crippen molar-refractivity contribution in [2.45, 2.75) is 45.4 Å². The second kappa shape index (κ2) is 9.82. The number of carbonyl (C=O) groups excluding carboxylic acids is 2. The summed E-state index contributed by atoms with van der Waals surface area (Å²) in [6, 6.07) is 4.39. The summed E-state index contributed by atoms with van der Waals surface area (Å²) in [5, 5.41) is 2.62. The van der Waals surface area contributed by atoms with Gasteiger partial charge >= 0.3 is 12.6 Å². The fourth-order valence-electron chi connectivity index (χ4n) is 2.70.